The van der Waals surface area contributed by atoms with Crippen LogP contribution in [0.3, 0.4) is 0 Å². The van der Waals surface area contributed by atoms with Gasteiger partial charge in [-0.3, -0.25) is 0 Å². The summed E-state index contributed by atoms with van der Waals surface area (Å²) in [6, 6.07) is 8.17. The monoisotopic (exact) mass is 319 g/mol. The van der Waals surface area contributed by atoms with Crippen LogP contribution in [0.2, 0.25) is 4.34 Å². The molecule has 3 aromatic heterocycles. The van der Waals surface area contributed by atoms with Crippen LogP contribution in [0.25, 0.3) is 11.0 Å². The molecule has 0 aliphatic heterocycles. The van der Waals surface area contributed by atoms with E-state index in [9.17, 15) is 0 Å². The van der Waals surface area contributed by atoms with Gasteiger partial charge in [-0.1, -0.05) is 18.5 Å². The van der Waals surface area contributed by atoms with E-state index in [1.807, 2.05) is 18.3 Å². The van der Waals surface area contributed by atoms with Crippen molar-refractivity contribution in [2.75, 3.05) is 6.54 Å². The minimum Gasteiger partial charge on any atom is -0.327 e. The van der Waals surface area contributed by atoms with Crippen LogP contribution in [0, 0.1) is 0 Å². The van der Waals surface area contributed by atoms with Gasteiger partial charge in [-0.15, -0.1) is 11.3 Å². The minimum absolute atomic E-state index is 0.818. The van der Waals surface area contributed by atoms with Crippen molar-refractivity contribution in [1.82, 2.24) is 14.9 Å². The maximum atomic E-state index is 6.02. The molecule has 3 heterocycles. The second-order valence-electron chi connectivity index (χ2n) is 5.04. The molecule has 3 aromatic rings. The topological polar surface area (TPSA) is 29.9 Å². The standard InChI is InChI=1S/C16H18ClN3S/c1-2-7-18-9-12-10-20(11-13-5-6-15(17)21-13)16-14(12)4-3-8-19-16/h3-6,8,10,18H,2,7,9,11H2,1H3. The van der Waals surface area contributed by atoms with Gasteiger partial charge >= 0.3 is 0 Å². The highest BCUT2D eigenvalue weighted by atomic mass is 35.5. The zero-order valence-corrected chi connectivity index (χ0v) is 13.5. The molecular formula is C16H18ClN3S. The first kappa shape index (κ1) is 14.6. The van der Waals surface area contributed by atoms with E-state index in [1.165, 1.54) is 15.8 Å². The molecule has 110 valence electrons. The van der Waals surface area contributed by atoms with Crippen LogP contribution in [0.4, 0.5) is 0 Å². The van der Waals surface area contributed by atoms with E-state index < -0.39 is 0 Å². The van der Waals surface area contributed by atoms with Crippen molar-refractivity contribution in [3.05, 3.63) is 51.4 Å². The molecule has 0 saturated carbocycles. The van der Waals surface area contributed by atoms with Crippen molar-refractivity contribution < 1.29 is 0 Å². The largest absolute Gasteiger partial charge is 0.327 e. The SMILES string of the molecule is CCCNCc1cn(Cc2ccc(Cl)s2)c2ncccc12. The van der Waals surface area contributed by atoms with Crippen molar-refractivity contribution in [3.63, 3.8) is 0 Å². The summed E-state index contributed by atoms with van der Waals surface area (Å²) in [4.78, 5) is 5.79. The second kappa shape index (κ2) is 6.60. The Balaban J connectivity index is 1.90. The number of fused-ring (bicyclic) bond motifs is 1. The molecule has 5 heteroatoms. The predicted molar refractivity (Wildman–Crippen MR) is 90.2 cm³/mol. The van der Waals surface area contributed by atoms with Crippen LogP contribution in [-0.2, 0) is 13.1 Å². The Morgan fingerprint density at radius 1 is 1.33 bits per heavy atom. The van der Waals surface area contributed by atoms with Gasteiger partial charge in [0.25, 0.3) is 0 Å². The molecule has 0 aromatic carbocycles. The zero-order valence-electron chi connectivity index (χ0n) is 12.0. The Morgan fingerprint density at radius 2 is 2.24 bits per heavy atom. The first-order chi connectivity index (χ1) is 10.3. The van der Waals surface area contributed by atoms with E-state index in [1.54, 1.807) is 11.3 Å². The third kappa shape index (κ3) is 3.28. The third-order valence-electron chi connectivity index (χ3n) is 3.41. The summed E-state index contributed by atoms with van der Waals surface area (Å²) in [5, 5.41) is 4.69. The van der Waals surface area contributed by atoms with Crippen LogP contribution in [0.15, 0.2) is 36.7 Å². The van der Waals surface area contributed by atoms with E-state index in [4.69, 9.17) is 11.6 Å². The molecule has 0 saturated heterocycles. The Morgan fingerprint density at radius 3 is 3.00 bits per heavy atom. The zero-order chi connectivity index (χ0) is 14.7. The summed E-state index contributed by atoms with van der Waals surface area (Å²) in [7, 11) is 0. The average Bonchev–Trinajstić information content (AvgIpc) is 3.05. The maximum Gasteiger partial charge on any atom is 0.140 e. The molecule has 0 aliphatic carbocycles. The molecular weight excluding hydrogens is 302 g/mol. The molecule has 3 rings (SSSR count). The van der Waals surface area contributed by atoms with E-state index in [0.717, 1.165) is 36.0 Å². The van der Waals surface area contributed by atoms with Crippen molar-refractivity contribution in [2.24, 2.45) is 0 Å². The summed E-state index contributed by atoms with van der Waals surface area (Å²) in [5.74, 6) is 0. The highest BCUT2D eigenvalue weighted by molar-refractivity contribution is 7.16. The maximum absolute atomic E-state index is 6.02. The summed E-state index contributed by atoms with van der Waals surface area (Å²) >= 11 is 7.64. The molecule has 0 radical (unpaired) electrons. The van der Waals surface area contributed by atoms with Crippen molar-refractivity contribution in [1.29, 1.82) is 0 Å². The van der Waals surface area contributed by atoms with Crippen molar-refractivity contribution in [2.45, 2.75) is 26.4 Å². The number of hydrogen-bond donors (Lipinski definition) is 1. The van der Waals surface area contributed by atoms with E-state index in [-0.39, 0.29) is 0 Å². The number of hydrogen-bond acceptors (Lipinski definition) is 3. The summed E-state index contributed by atoms with van der Waals surface area (Å²) in [5.41, 5.74) is 2.34. The fourth-order valence-corrected chi connectivity index (χ4v) is 3.55. The third-order valence-corrected chi connectivity index (χ3v) is 4.63. The molecule has 0 atom stereocenters. The van der Waals surface area contributed by atoms with Crippen LogP contribution in [-0.4, -0.2) is 16.1 Å². The van der Waals surface area contributed by atoms with Gasteiger partial charge in [-0.05, 0) is 42.8 Å². The lowest BCUT2D eigenvalue weighted by molar-refractivity contribution is 0.675. The number of thiophene rings is 1. The fraction of sp³-hybridized carbons (Fsp3) is 0.312. The molecule has 3 nitrogen and oxygen atoms in total. The number of aromatic nitrogens is 2. The van der Waals surface area contributed by atoms with Gasteiger partial charge in [-0.25, -0.2) is 4.98 Å². The number of nitrogens with one attached hydrogen (secondary N) is 1. The summed E-state index contributed by atoms with van der Waals surface area (Å²) < 4.78 is 3.04. The van der Waals surface area contributed by atoms with E-state index in [0.29, 0.717) is 0 Å². The molecule has 0 aliphatic rings. The van der Waals surface area contributed by atoms with Gasteiger partial charge in [0.05, 0.1) is 10.9 Å². The highest BCUT2D eigenvalue weighted by Gasteiger charge is 2.10. The highest BCUT2D eigenvalue weighted by Crippen LogP contribution is 2.25. The van der Waals surface area contributed by atoms with Crippen molar-refractivity contribution >= 4 is 34.0 Å². The quantitative estimate of drug-likeness (QED) is 0.686. The lowest BCUT2D eigenvalue weighted by Crippen LogP contribution is -2.13. The van der Waals surface area contributed by atoms with Crippen LogP contribution < -0.4 is 5.32 Å². The molecule has 0 fully saturated rings. The lowest BCUT2D eigenvalue weighted by atomic mass is 10.2. The number of halogens is 1. The normalized spacial score (nSPS) is 11.3. The second-order valence-corrected chi connectivity index (χ2v) is 6.84. The Bertz CT molecular complexity index is 732. The average molecular weight is 320 g/mol. The molecule has 0 unspecified atom stereocenters. The lowest BCUT2D eigenvalue weighted by Gasteiger charge is -2.01. The van der Waals surface area contributed by atoms with E-state index in [2.05, 4.69) is 40.1 Å². The Hall–Kier alpha value is -1.36. The summed E-state index contributed by atoms with van der Waals surface area (Å²) in [6.07, 6.45) is 5.20. The fourth-order valence-electron chi connectivity index (χ4n) is 2.46. The van der Waals surface area contributed by atoms with Gasteiger partial charge in [0.1, 0.15) is 5.65 Å². The molecule has 0 amide bonds. The Kier molecular flexibility index (Phi) is 4.58. The van der Waals surface area contributed by atoms with Crippen LogP contribution in [0.1, 0.15) is 23.8 Å². The first-order valence-corrected chi connectivity index (χ1v) is 8.35. The van der Waals surface area contributed by atoms with Crippen molar-refractivity contribution in [3.8, 4) is 0 Å². The van der Waals surface area contributed by atoms with Gasteiger partial charge in [0.15, 0.2) is 0 Å². The summed E-state index contributed by atoms with van der Waals surface area (Å²) in [6.45, 7) is 4.92. The first-order valence-electron chi connectivity index (χ1n) is 7.15. The van der Waals surface area contributed by atoms with Gasteiger partial charge in [0.2, 0.25) is 0 Å². The smallest absolute Gasteiger partial charge is 0.140 e. The molecule has 21 heavy (non-hydrogen) atoms. The molecule has 1 N–H and O–H groups in total. The van der Waals surface area contributed by atoms with Gasteiger partial charge in [-0.2, -0.15) is 0 Å². The molecule has 0 bridgehead atoms. The number of nitrogens with zero attached hydrogens (tertiary/aromatic N) is 2. The number of rotatable bonds is 6. The Labute approximate surface area is 133 Å². The van der Waals surface area contributed by atoms with Gasteiger partial charge < -0.3 is 9.88 Å². The van der Waals surface area contributed by atoms with Crippen LogP contribution in [0.5, 0.6) is 0 Å². The van der Waals surface area contributed by atoms with E-state index >= 15 is 0 Å². The minimum atomic E-state index is 0.818. The predicted octanol–water partition coefficient (Wildman–Crippen LogP) is 4.30. The van der Waals surface area contributed by atoms with Gasteiger partial charge in [0, 0.05) is 29.2 Å². The number of pyridine rings is 1. The van der Waals surface area contributed by atoms with Crippen LogP contribution >= 0.6 is 22.9 Å². The molecule has 0 spiro atoms.